The molecule has 1 aromatic rings. The highest BCUT2D eigenvalue weighted by Crippen LogP contribution is 2.23. The van der Waals surface area contributed by atoms with Crippen molar-refractivity contribution in [1.29, 1.82) is 0 Å². The molecule has 0 bridgehead atoms. The zero-order valence-electron chi connectivity index (χ0n) is 9.87. The van der Waals surface area contributed by atoms with E-state index in [4.69, 9.17) is 0 Å². The van der Waals surface area contributed by atoms with Crippen molar-refractivity contribution in [2.24, 2.45) is 0 Å². The molecule has 0 radical (unpaired) electrons. The van der Waals surface area contributed by atoms with Gasteiger partial charge in [0, 0.05) is 0 Å². The Morgan fingerprint density at radius 1 is 1.06 bits per heavy atom. The van der Waals surface area contributed by atoms with Crippen molar-refractivity contribution in [2.75, 3.05) is 0 Å². The van der Waals surface area contributed by atoms with Crippen molar-refractivity contribution >= 4 is 11.6 Å². The van der Waals surface area contributed by atoms with E-state index in [1.807, 2.05) is 18.2 Å². The summed E-state index contributed by atoms with van der Waals surface area (Å²) in [5, 5.41) is 0. The number of hydrogen-bond acceptors (Lipinski definition) is 0. The molecule has 0 aliphatic heterocycles. The maximum Gasteiger partial charge on any atom is -0.0158 e. The second-order valence-electron chi connectivity index (χ2n) is 3.53. The van der Waals surface area contributed by atoms with Gasteiger partial charge in [-0.15, -0.1) is 0 Å². The normalized spacial score (nSPS) is 11.6. The van der Waals surface area contributed by atoms with Gasteiger partial charge in [-0.2, -0.15) is 0 Å². The average molecular weight is 210 g/mol. The van der Waals surface area contributed by atoms with E-state index in [2.05, 4.69) is 50.9 Å². The van der Waals surface area contributed by atoms with E-state index in [0.717, 1.165) is 17.6 Å². The summed E-state index contributed by atoms with van der Waals surface area (Å²) < 4.78 is 0. The second kappa shape index (κ2) is 5.92. The van der Waals surface area contributed by atoms with Crippen LogP contribution in [0.2, 0.25) is 0 Å². The number of rotatable bonds is 5. The first-order valence-corrected chi connectivity index (χ1v) is 5.47. The molecule has 82 valence electrons. The van der Waals surface area contributed by atoms with Gasteiger partial charge in [-0.1, -0.05) is 69.2 Å². The molecule has 1 aromatic carbocycles. The van der Waals surface area contributed by atoms with Gasteiger partial charge < -0.3 is 0 Å². The molecular weight excluding hydrogens is 192 g/mol. The van der Waals surface area contributed by atoms with E-state index >= 15 is 0 Å². The van der Waals surface area contributed by atoms with Crippen molar-refractivity contribution in [3.05, 3.63) is 72.9 Å². The van der Waals surface area contributed by atoms with Gasteiger partial charge in [-0.25, -0.2) is 0 Å². The Morgan fingerprint density at radius 3 is 2.06 bits per heavy atom. The van der Waals surface area contributed by atoms with Crippen LogP contribution < -0.4 is 0 Å². The highest BCUT2D eigenvalue weighted by molar-refractivity contribution is 5.78. The molecule has 0 heterocycles. The summed E-state index contributed by atoms with van der Waals surface area (Å²) in [5.41, 5.74) is 4.69. The van der Waals surface area contributed by atoms with Crippen LogP contribution in [-0.2, 0) is 0 Å². The highest BCUT2D eigenvalue weighted by atomic mass is 14.1. The van der Waals surface area contributed by atoms with Gasteiger partial charge in [0.1, 0.15) is 0 Å². The molecule has 0 nitrogen and oxygen atoms in total. The van der Waals surface area contributed by atoms with E-state index in [9.17, 15) is 0 Å². The van der Waals surface area contributed by atoms with E-state index in [0.29, 0.717) is 0 Å². The molecule has 0 atom stereocenters. The fourth-order valence-corrected chi connectivity index (χ4v) is 1.68. The van der Waals surface area contributed by atoms with Gasteiger partial charge in [0.2, 0.25) is 0 Å². The SMILES string of the molecule is C=C/C(CC)=C(\C=C)c1ccc(C=C)cc1. The van der Waals surface area contributed by atoms with Crippen LogP contribution in [0.25, 0.3) is 11.6 Å². The summed E-state index contributed by atoms with van der Waals surface area (Å²) in [6.07, 6.45) is 6.60. The van der Waals surface area contributed by atoms with E-state index in [-0.39, 0.29) is 0 Å². The van der Waals surface area contributed by atoms with Gasteiger partial charge >= 0.3 is 0 Å². The van der Waals surface area contributed by atoms with Gasteiger partial charge in [-0.3, -0.25) is 0 Å². The molecule has 0 saturated heterocycles. The topological polar surface area (TPSA) is 0 Å². The predicted octanol–water partition coefficient (Wildman–Crippen LogP) is 4.87. The smallest absolute Gasteiger partial charge is 0.0158 e. The maximum absolute atomic E-state index is 3.87. The molecule has 0 aliphatic rings. The third kappa shape index (κ3) is 2.60. The van der Waals surface area contributed by atoms with Crippen LogP contribution in [-0.4, -0.2) is 0 Å². The zero-order valence-corrected chi connectivity index (χ0v) is 9.87. The van der Waals surface area contributed by atoms with Gasteiger partial charge in [0.25, 0.3) is 0 Å². The third-order valence-corrected chi connectivity index (χ3v) is 2.63. The summed E-state index contributed by atoms with van der Waals surface area (Å²) in [7, 11) is 0. The first kappa shape index (κ1) is 12.3. The Balaban J connectivity index is 3.23. The van der Waals surface area contributed by atoms with Gasteiger partial charge in [0.05, 0.1) is 0 Å². The molecule has 0 heteroatoms. The predicted molar refractivity (Wildman–Crippen MR) is 74.1 cm³/mol. The van der Waals surface area contributed by atoms with Crippen LogP contribution >= 0.6 is 0 Å². The summed E-state index contributed by atoms with van der Waals surface area (Å²) in [4.78, 5) is 0. The van der Waals surface area contributed by atoms with Crippen LogP contribution in [0, 0.1) is 0 Å². The third-order valence-electron chi connectivity index (χ3n) is 2.63. The lowest BCUT2D eigenvalue weighted by molar-refractivity contribution is 1.16. The lowest BCUT2D eigenvalue weighted by atomic mass is 9.97. The van der Waals surface area contributed by atoms with Crippen LogP contribution in [0.3, 0.4) is 0 Å². The van der Waals surface area contributed by atoms with Crippen molar-refractivity contribution in [2.45, 2.75) is 13.3 Å². The quantitative estimate of drug-likeness (QED) is 0.608. The fraction of sp³-hybridized carbons (Fsp3) is 0.125. The molecule has 0 saturated carbocycles. The Labute approximate surface area is 98.3 Å². The summed E-state index contributed by atoms with van der Waals surface area (Å²) in [5.74, 6) is 0. The zero-order chi connectivity index (χ0) is 12.0. The average Bonchev–Trinajstić information content (AvgIpc) is 2.36. The van der Waals surface area contributed by atoms with E-state index in [1.54, 1.807) is 0 Å². The summed E-state index contributed by atoms with van der Waals surface area (Å²) in [6.45, 7) is 13.6. The minimum atomic E-state index is 0.966. The minimum absolute atomic E-state index is 0.966. The second-order valence-corrected chi connectivity index (χ2v) is 3.53. The Kier molecular flexibility index (Phi) is 4.53. The summed E-state index contributed by atoms with van der Waals surface area (Å²) in [6, 6.07) is 8.30. The molecule has 0 spiro atoms. The van der Waals surface area contributed by atoms with Crippen molar-refractivity contribution in [3.63, 3.8) is 0 Å². The fourth-order valence-electron chi connectivity index (χ4n) is 1.68. The molecule has 0 unspecified atom stereocenters. The molecule has 0 N–H and O–H groups in total. The molecule has 1 rings (SSSR count). The van der Waals surface area contributed by atoms with Gasteiger partial charge in [-0.05, 0) is 28.7 Å². The first-order chi connectivity index (χ1) is 7.76. The first-order valence-electron chi connectivity index (χ1n) is 5.47. The molecule has 0 aromatic heterocycles. The lowest BCUT2D eigenvalue weighted by Gasteiger charge is -2.08. The van der Waals surface area contributed by atoms with Crippen molar-refractivity contribution in [3.8, 4) is 0 Å². The Morgan fingerprint density at radius 2 is 1.69 bits per heavy atom. The summed E-state index contributed by atoms with van der Waals surface area (Å²) >= 11 is 0. The van der Waals surface area contributed by atoms with Crippen LogP contribution in [0.5, 0.6) is 0 Å². The van der Waals surface area contributed by atoms with Crippen molar-refractivity contribution in [1.82, 2.24) is 0 Å². The number of benzene rings is 1. The standard InChI is InChI=1S/C16H18/c1-5-13-9-11-15(12-10-13)16(8-4)14(6-2)7-3/h5-6,8-12H,1-2,4,7H2,3H3/b16-14-. The number of hydrogen-bond donors (Lipinski definition) is 0. The van der Waals surface area contributed by atoms with E-state index < -0.39 is 0 Å². The van der Waals surface area contributed by atoms with E-state index in [1.165, 1.54) is 11.1 Å². The minimum Gasteiger partial charge on any atom is -0.0988 e. The highest BCUT2D eigenvalue weighted by Gasteiger charge is 2.01. The van der Waals surface area contributed by atoms with Crippen molar-refractivity contribution < 1.29 is 0 Å². The molecular formula is C16H18. The maximum atomic E-state index is 3.87. The van der Waals surface area contributed by atoms with Crippen LogP contribution in [0.1, 0.15) is 24.5 Å². The van der Waals surface area contributed by atoms with Gasteiger partial charge in [0.15, 0.2) is 0 Å². The molecule has 0 amide bonds. The monoisotopic (exact) mass is 210 g/mol. The largest absolute Gasteiger partial charge is 0.0988 e. The van der Waals surface area contributed by atoms with Crippen LogP contribution in [0.15, 0.2) is 61.7 Å². The molecule has 0 fully saturated rings. The molecule has 0 aliphatic carbocycles. The Bertz CT molecular complexity index is 416. The molecule has 16 heavy (non-hydrogen) atoms. The van der Waals surface area contributed by atoms with Crippen LogP contribution in [0.4, 0.5) is 0 Å². The Hall–Kier alpha value is -1.82. The lowest BCUT2D eigenvalue weighted by Crippen LogP contribution is -1.86. The number of allylic oxidation sites excluding steroid dienone is 4.